The van der Waals surface area contributed by atoms with Crippen molar-refractivity contribution in [3.05, 3.63) is 76.1 Å². The van der Waals surface area contributed by atoms with Crippen molar-refractivity contribution in [3.63, 3.8) is 0 Å². The molecule has 0 aliphatic rings. The van der Waals surface area contributed by atoms with Crippen molar-refractivity contribution in [2.45, 2.75) is 30.8 Å². The number of aryl methyl sites for hydroxylation is 1. The molecule has 0 spiro atoms. The largest absolute Gasteiger partial charge is 0.319 e. The number of nitro benzene ring substituents is 1. The summed E-state index contributed by atoms with van der Waals surface area (Å²) in [5.41, 5.74) is 1.13. The molecule has 1 amide bonds. The number of hydrogen-bond donors (Lipinski definition) is 1. The molecule has 28 heavy (non-hydrogen) atoms. The van der Waals surface area contributed by atoms with Crippen LogP contribution in [0.15, 0.2) is 59.8 Å². The van der Waals surface area contributed by atoms with E-state index < -0.39 is 10.2 Å². The Bertz CT molecular complexity index is 990. The summed E-state index contributed by atoms with van der Waals surface area (Å²) in [6.45, 7) is 4.18. The van der Waals surface area contributed by atoms with Crippen molar-refractivity contribution < 1.29 is 9.72 Å². The molecule has 2 aromatic carbocycles. The van der Waals surface area contributed by atoms with E-state index in [-0.39, 0.29) is 17.3 Å². The lowest BCUT2D eigenvalue weighted by Gasteiger charge is -2.13. The SMILES string of the molecule is Cc1nnc(SC(C)C(=O)Nc2ccccc2[N+](=O)[O-])n1Cc1ccccc1. The van der Waals surface area contributed by atoms with E-state index in [1.165, 1.54) is 23.9 Å². The maximum atomic E-state index is 12.6. The molecule has 0 fully saturated rings. The number of para-hydroxylation sites is 2. The van der Waals surface area contributed by atoms with Gasteiger partial charge in [0.1, 0.15) is 11.5 Å². The zero-order chi connectivity index (χ0) is 20.1. The Hall–Kier alpha value is -3.20. The van der Waals surface area contributed by atoms with Gasteiger partial charge in [-0.1, -0.05) is 54.2 Å². The molecule has 0 radical (unpaired) electrons. The highest BCUT2D eigenvalue weighted by molar-refractivity contribution is 8.00. The fraction of sp³-hybridized carbons (Fsp3) is 0.211. The van der Waals surface area contributed by atoms with Gasteiger partial charge in [0.15, 0.2) is 5.16 Å². The Morgan fingerprint density at radius 3 is 2.57 bits per heavy atom. The quantitative estimate of drug-likeness (QED) is 0.371. The van der Waals surface area contributed by atoms with Gasteiger partial charge >= 0.3 is 0 Å². The minimum atomic E-state index is -0.521. The third-order valence-corrected chi connectivity index (χ3v) is 5.18. The number of nitrogens with zero attached hydrogens (tertiary/aromatic N) is 4. The predicted molar refractivity (Wildman–Crippen MR) is 107 cm³/mol. The summed E-state index contributed by atoms with van der Waals surface area (Å²) in [6, 6.07) is 16.0. The van der Waals surface area contributed by atoms with Gasteiger partial charge in [0, 0.05) is 6.07 Å². The van der Waals surface area contributed by atoms with Gasteiger partial charge in [-0.25, -0.2) is 0 Å². The fourth-order valence-corrected chi connectivity index (χ4v) is 3.48. The van der Waals surface area contributed by atoms with Crippen LogP contribution in [0, 0.1) is 17.0 Å². The zero-order valence-corrected chi connectivity index (χ0v) is 16.2. The highest BCUT2D eigenvalue weighted by atomic mass is 32.2. The van der Waals surface area contributed by atoms with E-state index in [9.17, 15) is 14.9 Å². The number of rotatable bonds is 7. The minimum Gasteiger partial charge on any atom is -0.319 e. The van der Waals surface area contributed by atoms with Crippen LogP contribution in [0.2, 0.25) is 0 Å². The van der Waals surface area contributed by atoms with Gasteiger partial charge in [-0.2, -0.15) is 0 Å². The number of benzene rings is 2. The fourth-order valence-electron chi connectivity index (χ4n) is 2.58. The van der Waals surface area contributed by atoms with Crippen LogP contribution in [-0.4, -0.2) is 30.8 Å². The number of anilines is 1. The lowest BCUT2D eigenvalue weighted by Crippen LogP contribution is -2.23. The minimum absolute atomic E-state index is 0.142. The summed E-state index contributed by atoms with van der Waals surface area (Å²) in [4.78, 5) is 23.1. The van der Waals surface area contributed by atoms with Gasteiger partial charge in [0.2, 0.25) is 5.91 Å². The molecule has 3 aromatic rings. The van der Waals surface area contributed by atoms with Crippen LogP contribution in [0.5, 0.6) is 0 Å². The van der Waals surface area contributed by atoms with Crippen LogP contribution in [0.4, 0.5) is 11.4 Å². The monoisotopic (exact) mass is 397 g/mol. The molecule has 0 saturated heterocycles. The molecule has 0 aliphatic carbocycles. The molecular weight excluding hydrogens is 378 g/mol. The molecule has 0 aliphatic heterocycles. The van der Waals surface area contributed by atoms with E-state index in [1.807, 2.05) is 41.8 Å². The first-order valence-electron chi connectivity index (χ1n) is 8.60. The van der Waals surface area contributed by atoms with Crippen LogP contribution >= 0.6 is 11.8 Å². The first kappa shape index (κ1) is 19.6. The number of nitrogens with one attached hydrogen (secondary N) is 1. The Morgan fingerprint density at radius 2 is 1.86 bits per heavy atom. The number of amides is 1. The number of carbonyl (C=O) groups excluding carboxylic acids is 1. The van der Waals surface area contributed by atoms with Gasteiger partial charge in [-0.05, 0) is 25.5 Å². The third-order valence-electron chi connectivity index (χ3n) is 4.10. The molecule has 3 rings (SSSR count). The molecule has 8 nitrogen and oxygen atoms in total. The highest BCUT2D eigenvalue weighted by Crippen LogP contribution is 2.27. The molecule has 0 saturated carbocycles. The first-order chi connectivity index (χ1) is 13.5. The molecule has 9 heteroatoms. The van der Waals surface area contributed by atoms with Crippen LogP contribution < -0.4 is 5.32 Å². The Balaban J connectivity index is 1.72. The Labute approximate surface area is 166 Å². The Morgan fingerprint density at radius 1 is 1.18 bits per heavy atom. The molecule has 1 N–H and O–H groups in total. The van der Waals surface area contributed by atoms with E-state index >= 15 is 0 Å². The summed E-state index contributed by atoms with van der Waals surface area (Å²) in [6.07, 6.45) is 0. The number of hydrogen-bond acceptors (Lipinski definition) is 6. The van der Waals surface area contributed by atoms with Gasteiger partial charge in [-0.3, -0.25) is 14.9 Å². The standard InChI is InChI=1S/C19H19N5O3S/c1-13(18(25)20-16-10-6-7-11-17(16)24(26)27)28-19-22-21-14(2)23(19)12-15-8-4-3-5-9-15/h3-11,13H,12H2,1-2H3,(H,20,25). The maximum absolute atomic E-state index is 12.6. The second kappa shape index (κ2) is 8.66. The summed E-state index contributed by atoms with van der Waals surface area (Å²) in [5.74, 6) is 0.406. The second-order valence-electron chi connectivity index (χ2n) is 6.13. The highest BCUT2D eigenvalue weighted by Gasteiger charge is 2.22. The average molecular weight is 397 g/mol. The van der Waals surface area contributed by atoms with E-state index in [1.54, 1.807) is 19.1 Å². The lowest BCUT2D eigenvalue weighted by atomic mass is 10.2. The molecular formula is C19H19N5O3S. The third kappa shape index (κ3) is 4.55. The van der Waals surface area contributed by atoms with Gasteiger partial charge < -0.3 is 9.88 Å². The number of carbonyl (C=O) groups is 1. The normalized spacial score (nSPS) is 11.8. The van der Waals surface area contributed by atoms with E-state index in [2.05, 4.69) is 15.5 Å². The van der Waals surface area contributed by atoms with Crippen LogP contribution in [0.1, 0.15) is 18.3 Å². The van der Waals surface area contributed by atoms with Crippen molar-refractivity contribution in [3.8, 4) is 0 Å². The van der Waals surface area contributed by atoms with Crippen molar-refractivity contribution in [1.29, 1.82) is 0 Å². The number of nitro groups is 1. The first-order valence-corrected chi connectivity index (χ1v) is 9.48. The molecule has 1 aromatic heterocycles. The predicted octanol–water partition coefficient (Wildman–Crippen LogP) is 3.66. The summed E-state index contributed by atoms with van der Waals surface area (Å²) < 4.78 is 1.94. The molecule has 1 atom stereocenters. The maximum Gasteiger partial charge on any atom is 0.292 e. The van der Waals surface area contributed by atoms with Crippen molar-refractivity contribution in [2.75, 3.05) is 5.32 Å². The number of aromatic nitrogens is 3. The zero-order valence-electron chi connectivity index (χ0n) is 15.4. The van der Waals surface area contributed by atoms with Crippen molar-refractivity contribution >= 4 is 29.0 Å². The van der Waals surface area contributed by atoms with Crippen LogP contribution in [0.3, 0.4) is 0 Å². The van der Waals surface area contributed by atoms with E-state index in [0.29, 0.717) is 11.7 Å². The average Bonchev–Trinajstić information content (AvgIpc) is 3.02. The molecule has 1 unspecified atom stereocenters. The molecule has 0 bridgehead atoms. The van der Waals surface area contributed by atoms with Crippen LogP contribution in [0.25, 0.3) is 0 Å². The van der Waals surface area contributed by atoms with Gasteiger partial charge in [0.05, 0.1) is 16.7 Å². The number of thioether (sulfide) groups is 1. The second-order valence-corrected chi connectivity index (χ2v) is 7.43. The molecule has 144 valence electrons. The van der Waals surface area contributed by atoms with Gasteiger partial charge in [0.25, 0.3) is 5.69 Å². The van der Waals surface area contributed by atoms with E-state index in [4.69, 9.17) is 0 Å². The molecule has 1 heterocycles. The van der Waals surface area contributed by atoms with Gasteiger partial charge in [-0.15, -0.1) is 10.2 Å². The van der Waals surface area contributed by atoms with Crippen molar-refractivity contribution in [2.24, 2.45) is 0 Å². The summed E-state index contributed by atoms with van der Waals surface area (Å²) in [7, 11) is 0. The Kier molecular flexibility index (Phi) is 6.05. The van der Waals surface area contributed by atoms with Crippen LogP contribution in [-0.2, 0) is 11.3 Å². The van der Waals surface area contributed by atoms with Crippen molar-refractivity contribution in [1.82, 2.24) is 14.8 Å². The summed E-state index contributed by atoms with van der Waals surface area (Å²) in [5, 5.41) is 22.1. The smallest absolute Gasteiger partial charge is 0.292 e. The topological polar surface area (TPSA) is 103 Å². The lowest BCUT2D eigenvalue weighted by molar-refractivity contribution is -0.383. The summed E-state index contributed by atoms with van der Waals surface area (Å²) >= 11 is 1.26. The van der Waals surface area contributed by atoms with E-state index in [0.717, 1.165) is 11.4 Å².